The Morgan fingerprint density at radius 1 is 1.14 bits per heavy atom. The standard InChI is InChI=1S/C14H18O8/c15-6-11(18)14(21)12(19)7-22-13(20)4-2-8-1-3-9(16)10(17)5-8/h1-5,11-12,14-19,21H,6-7H2/t11-,12-,14-/m1/s1. The molecule has 1 rings (SSSR count). The van der Waals surface area contributed by atoms with E-state index in [4.69, 9.17) is 15.3 Å². The van der Waals surface area contributed by atoms with E-state index in [0.717, 1.165) is 6.08 Å². The third kappa shape index (κ3) is 5.34. The molecule has 0 aromatic heterocycles. The van der Waals surface area contributed by atoms with Gasteiger partial charge in [-0.15, -0.1) is 0 Å². The van der Waals surface area contributed by atoms with E-state index < -0.39 is 37.5 Å². The number of aliphatic hydroxyl groups excluding tert-OH is 4. The number of ether oxygens (including phenoxy) is 1. The number of aliphatic hydroxyl groups is 4. The minimum atomic E-state index is -1.64. The van der Waals surface area contributed by atoms with Crippen molar-refractivity contribution in [3.05, 3.63) is 29.8 Å². The van der Waals surface area contributed by atoms with E-state index in [1.54, 1.807) is 0 Å². The van der Waals surface area contributed by atoms with Gasteiger partial charge in [0, 0.05) is 6.08 Å². The highest BCUT2D eigenvalue weighted by Gasteiger charge is 2.24. The van der Waals surface area contributed by atoms with Crippen LogP contribution in [0.3, 0.4) is 0 Å². The zero-order valence-corrected chi connectivity index (χ0v) is 11.5. The van der Waals surface area contributed by atoms with Gasteiger partial charge in [0.2, 0.25) is 0 Å². The number of esters is 1. The Morgan fingerprint density at radius 2 is 1.82 bits per heavy atom. The molecular formula is C14H18O8. The number of hydrogen-bond donors (Lipinski definition) is 6. The van der Waals surface area contributed by atoms with Crippen LogP contribution in [0.4, 0.5) is 0 Å². The molecule has 0 radical (unpaired) electrons. The Bertz CT molecular complexity index is 528. The number of phenolic OH excluding ortho intramolecular Hbond substituents is 2. The number of benzene rings is 1. The quantitative estimate of drug-likeness (QED) is 0.207. The van der Waals surface area contributed by atoms with E-state index in [-0.39, 0.29) is 11.5 Å². The average Bonchev–Trinajstić information content (AvgIpc) is 2.52. The highest BCUT2D eigenvalue weighted by Crippen LogP contribution is 2.25. The van der Waals surface area contributed by atoms with E-state index in [0.29, 0.717) is 5.56 Å². The molecule has 0 aliphatic heterocycles. The molecule has 8 nitrogen and oxygen atoms in total. The molecule has 8 heteroatoms. The number of carbonyl (C=O) groups is 1. The largest absolute Gasteiger partial charge is 0.504 e. The van der Waals surface area contributed by atoms with Gasteiger partial charge in [-0.05, 0) is 23.8 Å². The van der Waals surface area contributed by atoms with Gasteiger partial charge in [0.25, 0.3) is 0 Å². The maximum Gasteiger partial charge on any atom is 0.330 e. The van der Waals surface area contributed by atoms with Crippen LogP contribution in [-0.2, 0) is 9.53 Å². The van der Waals surface area contributed by atoms with E-state index >= 15 is 0 Å². The van der Waals surface area contributed by atoms with E-state index in [1.165, 1.54) is 24.3 Å². The number of rotatable bonds is 7. The maximum atomic E-state index is 11.4. The third-order valence-electron chi connectivity index (χ3n) is 2.78. The highest BCUT2D eigenvalue weighted by molar-refractivity contribution is 5.87. The fourth-order valence-electron chi connectivity index (χ4n) is 1.49. The van der Waals surface area contributed by atoms with Gasteiger partial charge in [0.15, 0.2) is 11.5 Å². The molecule has 0 fully saturated rings. The first-order valence-electron chi connectivity index (χ1n) is 6.37. The summed E-state index contributed by atoms with van der Waals surface area (Å²) in [6.07, 6.45) is -2.39. The van der Waals surface area contributed by atoms with Crippen molar-refractivity contribution in [2.45, 2.75) is 18.3 Å². The van der Waals surface area contributed by atoms with Crippen LogP contribution in [0, 0.1) is 0 Å². The molecule has 3 atom stereocenters. The first-order valence-corrected chi connectivity index (χ1v) is 6.37. The first kappa shape index (κ1) is 17.9. The summed E-state index contributed by atoms with van der Waals surface area (Å²) in [5.74, 6) is -1.45. The lowest BCUT2D eigenvalue weighted by Gasteiger charge is -2.20. The zero-order valence-electron chi connectivity index (χ0n) is 11.5. The molecule has 0 saturated carbocycles. The van der Waals surface area contributed by atoms with Crippen molar-refractivity contribution in [2.24, 2.45) is 0 Å². The fourth-order valence-corrected chi connectivity index (χ4v) is 1.49. The molecule has 122 valence electrons. The molecule has 6 N–H and O–H groups in total. The minimum absolute atomic E-state index is 0.292. The maximum absolute atomic E-state index is 11.4. The monoisotopic (exact) mass is 314 g/mol. The topological polar surface area (TPSA) is 148 Å². The van der Waals surface area contributed by atoms with Crippen molar-refractivity contribution in [3.8, 4) is 11.5 Å². The second-order valence-electron chi connectivity index (χ2n) is 4.52. The Hall–Kier alpha value is -2.13. The smallest absolute Gasteiger partial charge is 0.330 e. The van der Waals surface area contributed by atoms with Crippen LogP contribution in [0.5, 0.6) is 11.5 Å². The van der Waals surface area contributed by atoms with Crippen molar-refractivity contribution in [1.29, 1.82) is 0 Å². The Balaban J connectivity index is 2.49. The summed E-state index contributed by atoms with van der Waals surface area (Å²) in [7, 11) is 0. The molecule has 0 aliphatic rings. The van der Waals surface area contributed by atoms with Crippen LogP contribution in [0.15, 0.2) is 24.3 Å². The van der Waals surface area contributed by atoms with Gasteiger partial charge in [0.05, 0.1) is 6.61 Å². The zero-order chi connectivity index (χ0) is 16.7. The van der Waals surface area contributed by atoms with Crippen molar-refractivity contribution < 1.29 is 40.2 Å². The third-order valence-corrected chi connectivity index (χ3v) is 2.78. The lowest BCUT2D eigenvalue weighted by atomic mass is 10.1. The molecule has 0 unspecified atom stereocenters. The second kappa shape index (κ2) is 8.35. The van der Waals surface area contributed by atoms with Crippen LogP contribution >= 0.6 is 0 Å². The molecule has 0 heterocycles. The van der Waals surface area contributed by atoms with E-state index in [2.05, 4.69) is 4.74 Å². The predicted octanol–water partition coefficient (Wildman–Crippen LogP) is -1.27. The van der Waals surface area contributed by atoms with Gasteiger partial charge < -0.3 is 35.4 Å². The number of aromatic hydroxyl groups is 2. The summed E-state index contributed by atoms with van der Waals surface area (Å²) in [6, 6.07) is 3.93. The van der Waals surface area contributed by atoms with Gasteiger partial charge in [-0.2, -0.15) is 0 Å². The molecule has 0 bridgehead atoms. The van der Waals surface area contributed by atoms with Crippen molar-refractivity contribution in [1.82, 2.24) is 0 Å². The van der Waals surface area contributed by atoms with Gasteiger partial charge in [-0.25, -0.2) is 4.79 Å². The van der Waals surface area contributed by atoms with Crippen molar-refractivity contribution >= 4 is 12.0 Å². The van der Waals surface area contributed by atoms with Gasteiger partial charge in [0.1, 0.15) is 24.9 Å². The minimum Gasteiger partial charge on any atom is -0.504 e. The van der Waals surface area contributed by atoms with Crippen LogP contribution < -0.4 is 0 Å². The molecule has 1 aromatic carbocycles. The first-order chi connectivity index (χ1) is 10.3. The molecule has 1 aromatic rings. The summed E-state index contributed by atoms with van der Waals surface area (Å²) >= 11 is 0. The number of phenols is 2. The molecule has 0 aliphatic carbocycles. The Labute approximate surface area is 126 Å². The number of carbonyl (C=O) groups excluding carboxylic acids is 1. The Morgan fingerprint density at radius 3 is 2.41 bits per heavy atom. The summed E-state index contributed by atoms with van der Waals surface area (Å²) in [4.78, 5) is 11.4. The summed E-state index contributed by atoms with van der Waals surface area (Å²) in [6.45, 7) is -1.31. The average molecular weight is 314 g/mol. The molecule has 22 heavy (non-hydrogen) atoms. The van der Waals surface area contributed by atoms with Gasteiger partial charge >= 0.3 is 5.97 Å². The van der Waals surface area contributed by atoms with Crippen LogP contribution in [0.25, 0.3) is 6.08 Å². The normalized spacial score (nSPS) is 15.5. The molecular weight excluding hydrogens is 296 g/mol. The SMILES string of the molecule is O=C(C=Cc1ccc(O)c(O)c1)OC[C@@H](O)[C@H](O)[C@H](O)CO. The van der Waals surface area contributed by atoms with E-state index in [1.807, 2.05) is 0 Å². The molecule has 0 spiro atoms. The second-order valence-corrected chi connectivity index (χ2v) is 4.52. The van der Waals surface area contributed by atoms with Gasteiger partial charge in [-0.1, -0.05) is 6.07 Å². The summed E-state index contributed by atoms with van der Waals surface area (Å²) < 4.78 is 4.65. The van der Waals surface area contributed by atoms with Crippen molar-refractivity contribution in [2.75, 3.05) is 13.2 Å². The van der Waals surface area contributed by atoms with E-state index in [9.17, 15) is 20.1 Å². The fraction of sp³-hybridized carbons (Fsp3) is 0.357. The lowest BCUT2D eigenvalue weighted by molar-refractivity contribution is -0.146. The van der Waals surface area contributed by atoms with Crippen LogP contribution in [0.1, 0.15) is 5.56 Å². The molecule has 0 saturated heterocycles. The van der Waals surface area contributed by atoms with Gasteiger partial charge in [-0.3, -0.25) is 0 Å². The number of hydrogen-bond acceptors (Lipinski definition) is 8. The molecule has 0 amide bonds. The Kier molecular flexibility index (Phi) is 6.80. The summed E-state index contributed by atoms with van der Waals surface area (Å²) in [5, 5.41) is 54.9. The van der Waals surface area contributed by atoms with Crippen molar-refractivity contribution in [3.63, 3.8) is 0 Å². The van der Waals surface area contributed by atoms with Crippen LogP contribution in [-0.4, -0.2) is 68.1 Å². The predicted molar refractivity (Wildman–Crippen MR) is 74.9 cm³/mol. The highest BCUT2D eigenvalue weighted by atomic mass is 16.5. The van der Waals surface area contributed by atoms with Crippen LogP contribution in [0.2, 0.25) is 0 Å². The summed E-state index contributed by atoms with van der Waals surface area (Å²) in [5.41, 5.74) is 0.434. The lowest BCUT2D eigenvalue weighted by Crippen LogP contribution is -2.42.